The average molecular weight is 440 g/mol. The van der Waals surface area contributed by atoms with Crippen LogP contribution in [0.15, 0.2) is 36.4 Å². The summed E-state index contributed by atoms with van der Waals surface area (Å²) in [6, 6.07) is 11.1. The van der Waals surface area contributed by atoms with Gasteiger partial charge in [0.25, 0.3) is 5.91 Å². The number of rotatable bonds is 6. The van der Waals surface area contributed by atoms with Gasteiger partial charge in [-0.25, -0.2) is 0 Å². The fourth-order valence-corrected chi connectivity index (χ4v) is 3.64. The van der Waals surface area contributed by atoms with E-state index in [0.717, 1.165) is 19.5 Å². The van der Waals surface area contributed by atoms with Gasteiger partial charge in [0.05, 0.1) is 12.8 Å². The number of ether oxygens (including phenoxy) is 1. The van der Waals surface area contributed by atoms with Crippen LogP contribution < -0.4 is 21.1 Å². The van der Waals surface area contributed by atoms with Gasteiger partial charge in [-0.3, -0.25) is 4.79 Å². The Morgan fingerprint density at radius 2 is 2.03 bits per heavy atom. The molecule has 3 aromatic rings. The quantitative estimate of drug-likeness (QED) is 0.536. The summed E-state index contributed by atoms with van der Waals surface area (Å²) in [6.07, 6.45) is 0.960. The van der Waals surface area contributed by atoms with E-state index in [1.165, 1.54) is 11.1 Å². The molecule has 31 heavy (non-hydrogen) atoms. The molecule has 0 spiro atoms. The number of hydrogen-bond acceptors (Lipinski definition) is 8. The third kappa shape index (κ3) is 4.68. The van der Waals surface area contributed by atoms with Crippen molar-refractivity contribution in [3.8, 4) is 5.75 Å². The van der Waals surface area contributed by atoms with Gasteiger partial charge in [0, 0.05) is 23.8 Å². The van der Waals surface area contributed by atoms with Gasteiger partial charge >= 0.3 is 0 Å². The number of halogens is 1. The number of nitrogens with one attached hydrogen (secondary N) is 2. The Morgan fingerprint density at radius 1 is 1.19 bits per heavy atom. The number of carbonyl (C=O) groups is 1. The van der Waals surface area contributed by atoms with Crippen LogP contribution in [0.5, 0.6) is 5.75 Å². The van der Waals surface area contributed by atoms with Crippen molar-refractivity contribution in [1.29, 1.82) is 0 Å². The summed E-state index contributed by atoms with van der Waals surface area (Å²) in [5, 5.41) is 14.7. The molecule has 4 N–H and O–H groups in total. The lowest BCUT2D eigenvalue weighted by Crippen LogP contribution is -2.26. The summed E-state index contributed by atoms with van der Waals surface area (Å²) in [5.41, 5.74) is 9.17. The Balaban J connectivity index is 1.67. The first-order valence-electron chi connectivity index (χ1n) is 9.65. The maximum Gasteiger partial charge on any atom is 0.273 e. The number of nitrogens with zero attached hydrogens (tertiary/aromatic N) is 4. The zero-order valence-corrected chi connectivity index (χ0v) is 17.9. The Bertz CT molecular complexity index is 1140. The Labute approximate surface area is 184 Å². The summed E-state index contributed by atoms with van der Waals surface area (Å²) >= 11 is 6.04. The van der Waals surface area contributed by atoms with Crippen molar-refractivity contribution in [2.75, 3.05) is 31.3 Å². The second-order valence-electron chi connectivity index (χ2n) is 7.27. The number of aromatic nitrogens is 3. The smallest absolute Gasteiger partial charge is 0.273 e. The highest BCUT2D eigenvalue weighted by atomic mass is 35.5. The summed E-state index contributed by atoms with van der Waals surface area (Å²) in [5.74, 6) is 0.293. The molecule has 1 aromatic heterocycles. The van der Waals surface area contributed by atoms with Crippen molar-refractivity contribution < 1.29 is 9.53 Å². The van der Waals surface area contributed by atoms with Crippen LogP contribution in [-0.4, -0.2) is 46.7 Å². The molecule has 0 saturated heterocycles. The molecule has 1 amide bonds. The zero-order valence-electron chi connectivity index (χ0n) is 17.1. The van der Waals surface area contributed by atoms with Crippen molar-refractivity contribution in [1.82, 2.24) is 20.1 Å². The number of primary amides is 1. The van der Waals surface area contributed by atoms with E-state index in [0.29, 0.717) is 22.1 Å². The zero-order chi connectivity index (χ0) is 22.0. The lowest BCUT2D eigenvalue weighted by Gasteiger charge is -2.26. The number of hydrogen-bond donors (Lipinski definition) is 3. The van der Waals surface area contributed by atoms with Crippen LogP contribution in [-0.2, 0) is 13.0 Å². The van der Waals surface area contributed by atoms with E-state index in [1.807, 2.05) is 12.1 Å². The summed E-state index contributed by atoms with van der Waals surface area (Å²) in [7, 11) is 3.70. The number of methoxy groups -OCH3 is 1. The van der Waals surface area contributed by atoms with Crippen LogP contribution >= 0.6 is 11.6 Å². The van der Waals surface area contributed by atoms with Gasteiger partial charge in [0.15, 0.2) is 11.5 Å². The molecule has 0 radical (unpaired) electrons. The molecule has 9 nitrogen and oxygen atoms in total. The lowest BCUT2D eigenvalue weighted by atomic mass is 9.99. The normalized spacial score (nSPS) is 13.4. The molecule has 2 heterocycles. The Kier molecular flexibility index (Phi) is 5.88. The molecule has 4 rings (SSSR count). The number of likely N-dealkylation sites (N-methyl/N-ethyl adjacent to an activating group) is 1. The second-order valence-corrected chi connectivity index (χ2v) is 7.70. The van der Waals surface area contributed by atoms with E-state index in [4.69, 9.17) is 22.1 Å². The van der Waals surface area contributed by atoms with Gasteiger partial charge < -0.3 is 26.0 Å². The molecule has 0 bridgehead atoms. The number of benzene rings is 2. The number of carbonyl (C=O) groups excluding carboxylic acids is 1. The minimum Gasteiger partial charge on any atom is -0.495 e. The molecular weight excluding hydrogens is 418 g/mol. The molecule has 0 atom stereocenters. The van der Waals surface area contributed by atoms with Crippen molar-refractivity contribution in [3.05, 3.63) is 58.2 Å². The van der Waals surface area contributed by atoms with Crippen LogP contribution in [0.2, 0.25) is 5.02 Å². The fraction of sp³-hybridized carbons (Fsp3) is 0.238. The number of nitrogens with two attached hydrogens (primary N) is 1. The molecule has 1 aliphatic rings. The van der Waals surface area contributed by atoms with Gasteiger partial charge in [-0.05, 0) is 54.9 Å². The summed E-state index contributed by atoms with van der Waals surface area (Å²) < 4.78 is 5.56. The van der Waals surface area contributed by atoms with Crippen LogP contribution in [0.3, 0.4) is 0 Å². The van der Waals surface area contributed by atoms with Crippen LogP contribution in [0.4, 0.5) is 23.1 Å². The highest BCUT2D eigenvalue weighted by Gasteiger charge is 2.19. The number of amides is 1. The Morgan fingerprint density at radius 3 is 2.77 bits per heavy atom. The van der Waals surface area contributed by atoms with Crippen LogP contribution in [0, 0.1) is 0 Å². The first-order chi connectivity index (χ1) is 14.9. The van der Waals surface area contributed by atoms with E-state index < -0.39 is 5.91 Å². The van der Waals surface area contributed by atoms with E-state index in [9.17, 15) is 4.79 Å². The fourth-order valence-electron chi connectivity index (χ4n) is 3.45. The van der Waals surface area contributed by atoms with E-state index in [1.54, 1.807) is 31.4 Å². The number of fused-ring (bicyclic) bond motifs is 1. The van der Waals surface area contributed by atoms with Gasteiger partial charge in [-0.2, -0.15) is 4.98 Å². The number of anilines is 4. The minimum atomic E-state index is -0.745. The molecule has 0 unspecified atom stereocenters. The minimum absolute atomic E-state index is 0.0791. The summed E-state index contributed by atoms with van der Waals surface area (Å²) in [4.78, 5) is 18.5. The third-order valence-electron chi connectivity index (χ3n) is 4.98. The van der Waals surface area contributed by atoms with Crippen LogP contribution in [0.25, 0.3) is 0 Å². The largest absolute Gasteiger partial charge is 0.495 e. The molecule has 2 aromatic carbocycles. The molecule has 160 valence electrons. The Hall–Kier alpha value is -3.43. The van der Waals surface area contributed by atoms with Crippen molar-refractivity contribution in [3.63, 3.8) is 0 Å². The van der Waals surface area contributed by atoms with Gasteiger partial charge in [0.1, 0.15) is 5.75 Å². The molecule has 0 fully saturated rings. The topological polar surface area (TPSA) is 118 Å². The summed E-state index contributed by atoms with van der Waals surface area (Å²) in [6.45, 7) is 1.85. The monoisotopic (exact) mass is 439 g/mol. The van der Waals surface area contributed by atoms with Gasteiger partial charge in [-0.1, -0.05) is 17.7 Å². The molecular formula is C21H22ClN7O2. The highest BCUT2D eigenvalue weighted by molar-refractivity contribution is 6.30. The maximum atomic E-state index is 11.8. The average Bonchev–Trinajstić information content (AvgIpc) is 2.73. The predicted octanol–water partition coefficient (Wildman–Crippen LogP) is 3.11. The second kappa shape index (κ2) is 8.75. The first-order valence-corrected chi connectivity index (χ1v) is 10.0. The maximum absolute atomic E-state index is 11.8. The SMILES string of the molecule is COc1cc2c(cc1Nc1nnc(C(N)=O)c(Nc3cccc(Cl)c3)n1)CN(C)CC2. The highest BCUT2D eigenvalue weighted by Crippen LogP contribution is 2.33. The predicted molar refractivity (Wildman–Crippen MR) is 119 cm³/mol. The van der Waals surface area contributed by atoms with E-state index in [-0.39, 0.29) is 17.5 Å². The van der Waals surface area contributed by atoms with Gasteiger partial charge in [-0.15, -0.1) is 10.2 Å². The van der Waals surface area contributed by atoms with Crippen molar-refractivity contribution in [2.45, 2.75) is 13.0 Å². The molecule has 10 heteroatoms. The van der Waals surface area contributed by atoms with E-state index in [2.05, 4.69) is 37.8 Å². The molecule has 0 saturated carbocycles. The van der Waals surface area contributed by atoms with Crippen LogP contribution in [0.1, 0.15) is 21.6 Å². The first kappa shape index (κ1) is 20.8. The molecule has 1 aliphatic heterocycles. The van der Waals surface area contributed by atoms with Gasteiger partial charge in [0.2, 0.25) is 5.95 Å². The van der Waals surface area contributed by atoms with Crippen molar-refractivity contribution >= 4 is 40.6 Å². The lowest BCUT2D eigenvalue weighted by molar-refractivity contribution is 0.0995. The van der Waals surface area contributed by atoms with E-state index >= 15 is 0 Å². The van der Waals surface area contributed by atoms with Crippen molar-refractivity contribution in [2.24, 2.45) is 5.73 Å². The standard InChI is InChI=1S/C21H22ClN7O2/c1-29-7-6-12-9-17(31-2)16(8-13(12)11-29)25-21-26-20(18(19(23)30)27-28-21)24-15-5-3-4-14(22)10-15/h3-5,8-10H,6-7,11H2,1-2H3,(H2,23,30)(H2,24,25,26,28). The third-order valence-corrected chi connectivity index (χ3v) is 5.21. The molecule has 0 aliphatic carbocycles.